The van der Waals surface area contributed by atoms with Crippen LogP contribution in [0.3, 0.4) is 0 Å². The molecule has 0 unspecified atom stereocenters. The maximum atomic E-state index is 13.8. The van der Waals surface area contributed by atoms with E-state index in [0.717, 1.165) is 24.0 Å². The molecule has 0 saturated carbocycles. The van der Waals surface area contributed by atoms with Crippen molar-refractivity contribution in [1.82, 2.24) is 5.32 Å². The fraction of sp³-hybridized carbons (Fsp3) is 0.387. The predicted octanol–water partition coefficient (Wildman–Crippen LogP) is 5.70. The van der Waals surface area contributed by atoms with Crippen LogP contribution < -0.4 is 14.4 Å². The fourth-order valence-corrected chi connectivity index (χ4v) is 6.70. The minimum absolute atomic E-state index is 0.111. The van der Waals surface area contributed by atoms with Crippen molar-refractivity contribution in [3.05, 3.63) is 89.0 Å². The molecule has 2 aliphatic rings. The van der Waals surface area contributed by atoms with Gasteiger partial charge in [-0.2, -0.15) is 0 Å². The van der Waals surface area contributed by atoms with Crippen molar-refractivity contribution in [2.75, 3.05) is 10.8 Å². The van der Waals surface area contributed by atoms with Crippen molar-refractivity contribution in [1.29, 1.82) is 0 Å². The topological polar surface area (TPSA) is 75.7 Å². The highest BCUT2D eigenvalue weighted by Gasteiger charge is 2.38. The fourth-order valence-electron chi connectivity index (χ4n) is 5.21. The highest BCUT2D eigenvalue weighted by atomic mass is 32.2. The van der Waals surface area contributed by atoms with Gasteiger partial charge in [-0.3, -0.25) is 9.10 Å². The van der Waals surface area contributed by atoms with Crippen LogP contribution in [-0.2, 0) is 33.1 Å². The molecule has 0 spiro atoms. The second kappa shape index (κ2) is 10.1. The molecular formula is C31H36N2O4S. The lowest BCUT2D eigenvalue weighted by atomic mass is 9.86. The van der Waals surface area contributed by atoms with Gasteiger partial charge in [0.2, 0.25) is 0 Å². The molecule has 2 atom stereocenters. The van der Waals surface area contributed by atoms with Crippen LogP contribution in [0.25, 0.3) is 0 Å². The third-order valence-corrected chi connectivity index (χ3v) is 9.34. The summed E-state index contributed by atoms with van der Waals surface area (Å²) in [4.78, 5) is 13.6. The first-order chi connectivity index (χ1) is 18.0. The molecule has 1 N–H and O–H groups in total. The molecule has 0 fully saturated rings. The van der Waals surface area contributed by atoms with Crippen LogP contribution in [0.1, 0.15) is 68.8 Å². The van der Waals surface area contributed by atoms with E-state index in [4.69, 9.17) is 4.74 Å². The summed E-state index contributed by atoms with van der Waals surface area (Å²) in [5.74, 6) is 0.0411. The van der Waals surface area contributed by atoms with Gasteiger partial charge in [-0.1, -0.05) is 63.2 Å². The standard InChI is InChI=1S/C31H36N2O4S/c1-21(23-15-14-22-10-8-9-11-24(22)18-23)32-30(34)29-20-33(38(35,36)26-12-6-5-7-13-26)27-19-25(31(2,3)4)16-17-28(27)37-29/h5-7,12-19,21,29H,8-11,20H2,1-4H3,(H,32,34)/t21-,29-/m0/s1. The van der Waals surface area contributed by atoms with Crippen LogP contribution >= 0.6 is 0 Å². The first kappa shape index (κ1) is 26.3. The molecule has 1 heterocycles. The van der Waals surface area contributed by atoms with Gasteiger partial charge in [0, 0.05) is 0 Å². The molecule has 1 aliphatic carbocycles. The van der Waals surface area contributed by atoms with E-state index < -0.39 is 16.1 Å². The zero-order chi connectivity index (χ0) is 27.1. The third-order valence-electron chi connectivity index (χ3n) is 7.55. The maximum absolute atomic E-state index is 13.8. The van der Waals surface area contributed by atoms with E-state index in [2.05, 4.69) is 44.3 Å². The lowest BCUT2D eigenvalue weighted by molar-refractivity contribution is -0.128. The minimum atomic E-state index is -3.92. The van der Waals surface area contributed by atoms with Gasteiger partial charge in [0.15, 0.2) is 6.10 Å². The Labute approximate surface area is 226 Å². The molecule has 38 heavy (non-hydrogen) atoms. The lowest BCUT2D eigenvalue weighted by Crippen LogP contribution is -2.51. The van der Waals surface area contributed by atoms with Gasteiger partial charge in [-0.05, 0) is 84.5 Å². The molecule has 1 aliphatic heterocycles. The van der Waals surface area contributed by atoms with Crippen LogP contribution in [0.4, 0.5) is 5.69 Å². The Kier molecular flexibility index (Phi) is 6.99. The number of carbonyl (C=O) groups excluding carboxylic acids is 1. The van der Waals surface area contributed by atoms with Crippen LogP contribution in [-0.4, -0.2) is 27.0 Å². The Morgan fingerprint density at radius 1 is 0.974 bits per heavy atom. The number of carbonyl (C=O) groups is 1. The zero-order valence-electron chi connectivity index (χ0n) is 22.5. The molecule has 3 aromatic carbocycles. The summed E-state index contributed by atoms with van der Waals surface area (Å²) >= 11 is 0. The molecule has 0 bridgehead atoms. The number of ether oxygens (including phenoxy) is 1. The van der Waals surface area contributed by atoms with E-state index in [1.165, 1.54) is 28.3 Å². The Morgan fingerprint density at radius 2 is 1.68 bits per heavy atom. The monoisotopic (exact) mass is 532 g/mol. The van der Waals surface area contributed by atoms with Crippen LogP contribution in [0.2, 0.25) is 0 Å². The Bertz CT molecular complexity index is 1440. The van der Waals surface area contributed by atoms with Crippen molar-refractivity contribution in [2.45, 2.75) is 75.8 Å². The lowest BCUT2D eigenvalue weighted by Gasteiger charge is -2.36. The van der Waals surface area contributed by atoms with Crippen molar-refractivity contribution in [2.24, 2.45) is 0 Å². The number of aryl methyl sites for hydroxylation is 2. The molecule has 5 rings (SSSR count). The van der Waals surface area contributed by atoms with Crippen molar-refractivity contribution < 1.29 is 17.9 Å². The number of hydrogen-bond acceptors (Lipinski definition) is 4. The van der Waals surface area contributed by atoms with Crippen molar-refractivity contribution in [3.63, 3.8) is 0 Å². The summed E-state index contributed by atoms with van der Waals surface area (Å²) in [6, 6.07) is 20.1. The van der Waals surface area contributed by atoms with Gasteiger partial charge in [-0.25, -0.2) is 8.42 Å². The molecule has 0 radical (unpaired) electrons. The number of amides is 1. The average Bonchev–Trinajstić information content (AvgIpc) is 2.91. The molecule has 200 valence electrons. The largest absolute Gasteiger partial charge is 0.476 e. The van der Waals surface area contributed by atoms with E-state index >= 15 is 0 Å². The number of anilines is 1. The van der Waals surface area contributed by atoms with E-state index in [1.807, 2.05) is 19.1 Å². The number of nitrogens with one attached hydrogen (secondary N) is 1. The summed E-state index contributed by atoms with van der Waals surface area (Å²) in [5, 5.41) is 3.07. The smallest absolute Gasteiger partial charge is 0.264 e. The second-order valence-corrected chi connectivity index (χ2v) is 13.2. The molecular weight excluding hydrogens is 496 g/mol. The van der Waals surface area contributed by atoms with Crippen LogP contribution in [0, 0.1) is 0 Å². The van der Waals surface area contributed by atoms with Crippen molar-refractivity contribution >= 4 is 21.6 Å². The number of fused-ring (bicyclic) bond motifs is 2. The quantitative estimate of drug-likeness (QED) is 0.458. The van der Waals surface area contributed by atoms with Gasteiger partial charge in [0.25, 0.3) is 15.9 Å². The zero-order valence-corrected chi connectivity index (χ0v) is 23.3. The molecule has 0 saturated heterocycles. The molecule has 0 aromatic heterocycles. The van der Waals surface area contributed by atoms with E-state index in [0.29, 0.717) is 11.4 Å². The molecule has 7 heteroatoms. The predicted molar refractivity (Wildman–Crippen MR) is 150 cm³/mol. The van der Waals surface area contributed by atoms with Gasteiger partial charge >= 0.3 is 0 Å². The number of benzene rings is 3. The average molecular weight is 533 g/mol. The number of nitrogens with zero attached hydrogens (tertiary/aromatic N) is 1. The van der Waals surface area contributed by atoms with Gasteiger partial charge < -0.3 is 10.1 Å². The minimum Gasteiger partial charge on any atom is -0.476 e. The van der Waals surface area contributed by atoms with Gasteiger partial charge in [-0.15, -0.1) is 0 Å². The third kappa shape index (κ3) is 5.17. The summed E-state index contributed by atoms with van der Waals surface area (Å²) in [5.41, 5.74) is 5.04. The summed E-state index contributed by atoms with van der Waals surface area (Å²) in [7, 11) is -3.92. The molecule has 3 aromatic rings. The van der Waals surface area contributed by atoms with Crippen molar-refractivity contribution in [3.8, 4) is 5.75 Å². The summed E-state index contributed by atoms with van der Waals surface area (Å²) in [6.07, 6.45) is 3.60. The first-order valence-electron chi connectivity index (χ1n) is 13.3. The highest BCUT2D eigenvalue weighted by molar-refractivity contribution is 7.92. The van der Waals surface area contributed by atoms with E-state index in [1.54, 1.807) is 36.4 Å². The Balaban J connectivity index is 1.44. The Morgan fingerprint density at radius 3 is 2.39 bits per heavy atom. The number of sulfonamides is 1. The van der Waals surface area contributed by atoms with Crippen LogP contribution in [0.5, 0.6) is 5.75 Å². The number of hydrogen-bond donors (Lipinski definition) is 1. The highest BCUT2D eigenvalue weighted by Crippen LogP contribution is 2.40. The van der Waals surface area contributed by atoms with E-state index in [-0.39, 0.29) is 28.8 Å². The van der Waals surface area contributed by atoms with E-state index in [9.17, 15) is 13.2 Å². The summed E-state index contributed by atoms with van der Waals surface area (Å²) in [6.45, 7) is 8.07. The normalized spacial score (nSPS) is 18.1. The Hall–Kier alpha value is -3.32. The first-order valence-corrected chi connectivity index (χ1v) is 14.8. The van der Waals surface area contributed by atoms with Crippen LogP contribution in [0.15, 0.2) is 71.6 Å². The number of rotatable bonds is 5. The van der Waals surface area contributed by atoms with Gasteiger partial charge in [0.05, 0.1) is 23.2 Å². The SMILES string of the molecule is C[C@H](NC(=O)[C@@H]1CN(S(=O)(=O)c2ccccc2)c2cc(C(C)(C)C)ccc2O1)c1ccc2c(c1)CCCC2. The van der Waals surface area contributed by atoms with Gasteiger partial charge in [0.1, 0.15) is 5.75 Å². The summed E-state index contributed by atoms with van der Waals surface area (Å²) < 4.78 is 35.1. The maximum Gasteiger partial charge on any atom is 0.264 e. The molecule has 1 amide bonds. The molecule has 6 nitrogen and oxygen atoms in total. The second-order valence-electron chi connectivity index (χ2n) is 11.4.